The van der Waals surface area contributed by atoms with Gasteiger partial charge in [0.25, 0.3) is 5.89 Å². The van der Waals surface area contributed by atoms with Crippen LogP contribution >= 0.6 is 0 Å². The van der Waals surface area contributed by atoms with Crippen molar-refractivity contribution in [1.29, 1.82) is 0 Å². The average molecular weight is 313 g/mol. The van der Waals surface area contributed by atoms with Gasteiger partial charge in [-0.1, -0.05) is 19.1 Å². The van der Waals surface area contributed by atoms with Crippen LogP contribution in [0.5, 0.6) is 0 Å². The third kappa shape index (κ3) is 4.33. The molecule has 1 heterocycles. The van der Waals surface area contributed by atoms with Crippen molar-refractivity contribution in [3.8, 4) is 11.5 Å². The topological polar surface area (TPSA) is 85.1 Å². The third-order valence-corrected chi connectivity index (χ3v) is 4.29. The molecule has 0 spiro atoms. The maximum atomic E-state index is 13.6. The fourth-order valence-electron chi connectivity index (χ4n) is 1.75. The summed E-state index contributed by atoms with van der Waals surface area (Å²) >= 11 is 0. The van der Waals surface area contributed by atoms with Crippen LogP contribution in [0.4, 0.5) is 4.39 Å². The van der Waals surface area contributed by atoms with E-state index in [1.807, 2.05) is 0 Å². The first kappa shape index (κ1) is 15.6. The van der Waals surface area contributed by atoms with Gasteiger partial charge < -0.3 is 4.42 Å². The lowest BCUT2D eigenvalue weighted by Crippen LogP contribution is -2.28. The summed E-state index contributed by atoms with van der Waals surface area (Å²) in [4.78, 5) is 0. The van der Waals surface area contributed by atoms with Crippen LogP contribution in [-0.4, -0.2) is 30.9 Å². The van der Waals surface area contributed by atoms with Gasteiger partial charge in [-0.2, -0.15) is 0 Å². The Hall–Kier alpha value is -1.80. The summed E-state index contributed by atoms with van der Waals surface area (Å²) in [5.41, 5.74) is 0.225. The summed E-state index contributed by atoms with van der Waals surface area (Å²) < 4.78 is 44.3. The molecule has 114 valence electrons. The van der Waals surface area contributed by atoms with E-state index in [1.54, 1.807) is 19.1 Å². The van der Waals surface area contributed by atoms with Gasteiger partial charge in [-0.05, 0) is 18.6 Å². The van der Waals surface area contributed by atoms with Crippen LogP contribution in [0, 0.1) is 5.82 Å². The van der Waals surface area contributed by atoms with Crippen LogP contribution in [0.2, 0.25) is 0 Å². The van der Waals surface area contributed by atoms with Gasteiger partial charge in [0.1, 0.15) is 5.82 Å². The van der Waals surface area contributed by atoms with E-state index in [4.69, 9.17) is 4.42 Å². The van der Waals surface area contributed by atoms with Gasteiger partial charge in [0.15, 0.2) is 0 Å². The van der Waals surface area contributed by atoms with Crippen molar-refractivity contribution in [2.24, 2.45) is 0 Å². The molecule has 0 radical (unpaired) electrons. The number of nitrogens with zero attached hydrogens (tertiary/aromatic N) is 2. The average Bonchev–Trinajstić information content (AvgIpc) is 2.87. The van der Waals surface area contributed by atoms with E-state index in [1.165, 1.54) is 12.1 Å². The maximum absolute atomic E-state index is 13.6. The van der Waals surface area contributed by atoms with Crippen LogP contribution in [0.25, 0.3) is 11.5 Å². The standard InChI is InChI=1S/C13H16FN3O3S/c1-2-9-21(18,19)15-8-7-12-16-17-13(20-12)10-5-3-4-6-11(10)14/h3-6,15H,2,7-9H2,1H3. The van der Waals surface area contributed by atoms with Gasteiger partial charge in [-0.25, -0.2) is 17.5 Å². The van der Waals surface area contributed by atoms with Gasteiger partial charge in [0.05, 0.1) is 11.3 Å². The van der Waals surface area contributed by atoms with Crippen molar-refractivity contribution in [1.82, 2.24) is 14.9 Å². The van der Waals surface area contributed by atoms with Gasteiger partial charge in [0, 0.05) is 13.0 Å². The number of halogens is 1. The zero-order valence-electron chi connectivity index (χ0n) is 11.5. The molecular weight excluding hydrogens is 297 g/mol. The van der Waals surface area contributed by atoms with Crippen molar-refractivity contribution in [3.05, 3.63) is 36.0 Å². The van der Waals surface area contributed by atoms with Crippen molar-refractivity contribution < 1.29 is 17.2 Å². The Kier molecular flexibility index (Phi) is 5.03. The second kappa shape index (κ2) is 6.77. The number of nitrogens with one attached hydrogen (secondary N) is 1. The highest BCUT2D eigenvalue weighted by Gasteiger charge is 2.13. The van der Waals surface area contributed by atoms with Gasteiger partial charge in [-0.15, -0.1) is 10.2 Å². The van der Waals surface area contributed by atoms with Crippen molar-refractivity contribution in [2.75, 3.05) is 12.3 Å². The Bertz CT molecular complexity index is 700. The monoisotopic (exact) mass is 313 g/mol. The summed E-state index contributed by atoms with van der Waals surface area (Å²) in [7, 11) is -3.25. The Morgan fingerprint density at radius 1 is 1.29 bits per heavy atom. The van der Waals surface area contributed by atoms with Gasteiger partial charge in [0.2, 0.25) is 15.9 Å². The minimum absolute atomic E-state index is 0.0807. The summed E-state index contributed by atoms with van der Waals surface area (Å²) in [6.45, 7) is 1.96. The highest BCUT2D eigenvalue weighted by molar-refractivity contribution is 7.89. The number of hydrogen-bond donors (Lipinski definition) is 1. The molecular formula is C13H16FN3O3S. The highest BCUT2D eigenvalue weighted by Crippen LogP contribution is 2.20. The second-order valence-corrected chi connectivity index (χ2v) is 6.37. The van der Waals surface area contributed by atoms with E-state index >= 15 is 0 Å². The predicted octanol–water partition coefficient (Wildman–Crippen LogP) is 1.75. The molecule has 1 aromatic carbocycles. The molecule has 1 N–H and O–H groups in total. The van der Waals surface area contributed by atoms with Crippen molar-refractivity contribution in [2.45, 2.75) is 19.8 Å². The van der Waals surface area contributed by atoms with Crippen LogP contribution < -0.4 is 4.72 Å². The van der Waals surface area contributed by atoms with E-state index in [-0.39, 0.29) is 36.1 Å². The van der Waals surface area contributed by atoms with Gasteiger partial charge >= 0.3 is 0 Å². The van der Waals surface area contributed by atoms with E-state index in [0.29, 0.717) is 6.42 Å². The minimum Gasteiger partial charge on any atom is -0.421 e. The molecule has 0 unspecified atom stereocenters. The van der Waals surface area contributed by atoms with Crippen LogP contribution in [-0.2, 0) is 16.4 Å². The maximum Gasteiger partial charge on any atom is 0.250 e. The zero-order chi connectivity index (χ0) is 15.3. The molecule has 8 heteroatoms. The number of sulfonamides is 1. The minimum atomic E-state index is -3.25. The molecule has 0 aliphatic heterocycles. The van der Waals surface area contributed by atoms with E-state index < -0.39 is 15.8 Å². The summed E-state index contributed by atoms with van der Waals surface area (Å²) in [5, 5.41) is 7.55. The zero-order valence-corrected chi connectivity index (χ0v) is 12.4. The molecule has 2 rings (SSSR count). The SMILES string of the molecule is CCCS(=O)(=O)NCCc1nnc(-c2ccccc2F)o1. The molecule has 6 nitrogen and oxygen atoms in total. The fraction of sp³-hybridized carbons (Fsp3) is 0.385. The Balaban J connectivity index is 1.97. The molecule has 0 amide bonds. The Morgan fingerprint density at radius 2 is 2.05 bits per heavy atom. The van der Waals surface area contributed by atoms with Crippen LogP contribution in [0.15, 0.2) is 28.7 Å². The molecule has 0 saturated heterocycles. The summed E-state index contributed by atoms with van der Waals surface area (Å²) in [6.07, 6.45) is 0.803. The predicted molar refractivity (Wildman–Crippen MR) is 75.5 cm³/mol. The molecule has 0 fully saturated rings. The molecule has 0 aliphatic carbocycles. The lowest BCUT2D eigenvalue weighted by molar-refractivity contribution is 0.498. The fourth-order valence-corrected chi connectivity index (χ4v) is 2.85. The van der Waals surface area contributed by atoms with E-state index in [0.717, 1.165) is 0 Å². The van der Waals surface area contributed by atoms with E-state index in [9.17, 15) is 12.8 Å². The normalized spacial score (nSPS) is 11.7. The van der Waals surface area contributed by atoms with Gasteiger partial charge in [-0.3, -0.25) is 0 Å². The summed E-state index contributed by atoms with van der Waals surface area (Å²) in [6, 6.07) is 6.08. The van der Waals surface area contributed by atoms with Crippen LogP contribution in [0.1, 0.15) is 19.2 Å². The number of hydrogen-bond acceptors (Lipinski definition) is 5. The third-order valence-electron chi connectivity index (χ3n) is 2.70. The number of rotatable bonds is 7. The first-order chi connectivity index (χ1) is 10.0. The molecule has 0 atom stereocenters. The first-order valence-corrected chi connectivity index (χ1v) is 8.21. The molecule has 21 heavy (non-hydrogen) atoms. The molecule has 2 aromatic rings. The molecule has 0 saturated carbocycles. The lowest BCUT2D eigenvalue weighted by Gasteiger charge is -2.02. The van der Waals surface area contributed by atoms with Crippen molar-refractivity contribution in [3.63, 3.8) is 0 Å². The summed E-state index contributed by atoms with van der Waals surface area (Å²) in [5.74, 6) is -0.0274. The van der Waals surface area contributed by atoms with E-state index in [2.05, 4.69) is 14.9 Å². The Labute approximate surface area is 122 Å². The molecule has 0 aliphatic rings. The quantitative estimate of drug-likeness (QED) is 0.841. The lowest BCUT2D eigenvalue weighted by atomic mass is 10.2. The second-order valence-electron chi connectivity index (χ2n) is 4.44. The number of benzene rings is 1. The van der Waals surface area contributed by atoms with Crippen molar-refractivity contribution >= 4 is 10.0 Å². The van der Waals surface area contributed by atoms with Crippen LogP contribution in [0.3, 0.4) is 0 Å². The molecule has 0 bridgehead atoms. The Morgan fingerprint density at radius 3 is 2.76 bits per heavy atom. The number of aromatic nitrogens is 2. The highest BCUT2D eigenvalue weighted by atomic mass is 32.2. The first-order valence-electron chi connectivity index (χ1n) is 6.56. The smallest absolute Gasteiger partial charge is 0.250 e. The molecule has 1 aromatic heterocycles. The largest absolute Gasteiger partial charge is 0.421 e.